The number of likely N-dealkylation sites (tertiary alicyclic amines) is 1. The maximum Gasteiger partial charge on any atom is 0.168 e. The van der Waals surface area contributed by atoms with Crippen LogP contribution in [-0.2, 0) is 0 Å². The summed E-state index contributed by atoms with van der Waals surface area (Å²) in [5.41, 5.74) is 0.678. The molecule has 0 aromatic rings. The molecule has 1 saturated carbocycles. The van der Waals surface area contributed by atoms with Crippen LogP contribution in [0.1, 0.15) is 32.6 Å². The van der Waals surface area contributed by atoms with Gasteiger partial charge in [0.2, 0.25) is 0 Å². The number of hydrogen-bond donors (Lipinski definition) is 1. The summed E-state index contributed by atoms with van der Waals surface area (Å²) in [4.78, 5) is 2.36. The summed E-state index contributed by atoms with van der Waals surface area (Å²) in [7, 11) is 0. The second-order valence-corrected chi connectivity index (χ2v) is 4.75. The van der Waals surface area contributed by atoms with Crippen molar-refractivity contribution in [2.75, 3.05) is 19.6 Å². The Morgan fingerprint density at radius 1 is 1.46 bits per heavy atom. The zero-order valence-corrected chi connectivity index (χ0v) is 9.12. The van der Waals surface area contributed by atoms with E-state index in [9.17, 15) is 0 Å². The van der Waals surface area contributed by atoms with Gasteiger partial charge in [-0.05, 0) is 50.2 Å². The minimum atomic E-state index is 0.678. The van der Waals surface area contributed by atoms with Crippen LogP contribution in [0.5, 0.6) is 0 Å². The Kier molecular flexibility index (Phi) is 2.45. The molecule has 1 aliphatic carbocycles. The van der Waals surface area contributed by atoms with Crippen LogP contribution in [0.3, 0.4) is 0 Å². The molecule has 1 spiro atoms. The number of nitrogens with zero attached hydrogens (tertiary/aromatic N) is 1. The van der Waals surface area contributed by atoms with Crippen LogP contribution >= 0.6 is 12.2 Å². The van der Waals surface area contributed by atoms with Crippen molar-refractivity contribution in [1.82, 2.24) is 10.2 Å². The average molecular weight is 198 g/mol. The van der Waals surface area contributed by atoms with Gasteiger partial charge in [-0.15, -0.1) is 0 Å². The van der Waals surface area contributed by atoms with Gasteiger partial charge >= 0.3 is 0 Å². The first-order valence-corrected chi connectivity index (χ1v) is 5.69. The molecule has 0 bridgehead atoms. The monoisotopic (exact) mass is 198 g/mol. The molecular weight excluding hydrogens is 180 g/mol. The third-order valence-corrected chi connectivity index (χ3v) is 3.64. The van der Waals surface area contributed by atoms with Crippen molar-refractivity contribution < 1.29 is 0 Å². The molecule has 0 radical (unpaired) electrons. The Bertz CT molecular complexity index is 211. The standard InChI is InChI=1S/C10H18N2S/c1-2-11-9(13)12-7-3-4-10(8-12)5-6-10/h2-8H2,1H3,(H,11,13). The van der Waals surface area contributed by atoms with Crippen molar-refractivity contribution in [2.24, 2.45) is 5.41 Å². The van der Waals surface area contributed by atoms with Crippen molar-refractivity contribution in [3.05, 3.63) is 0 Å². The Balaban J connectivity index is 1.88. The van der Waals surface area contributed by atoms with E-state index in [1.54, 1.807) is 0 Å². The molecule has 2 fully saturated rings. The molecule has 1 saturated heterocycles. The van der Waals surface area contributed by atoms with Crippen molar-refractivity contribution in [2.45, 2.75) is 32.6 Å². The van der Waals surface area contributed by atoms with Gasteiger partial charge in [-0.1, -0.05) is 0 Å². The second kappa shape index (κ2) is 3.45. The lowest BCUT2D eigenvalue weighted by Crippen LogP contribution is -2.45. The van der Waals surface area contributed by atoms with Gasteiger partial charge in [-0.2, -0.15) is 0 Å². The lowest BCUT2D eigenvalue weighted by atomic mass is 9.95. The Hall–Kier alpha value is -0.310. The van der Waals surface area contributed by atoms with E-state index in [1.807, 2.05) is 0 Å². The van der Waals surface area contributed by atoms with E-state index in [4.69, 9.17) is 12.2 Å². The highest BCUT2D eigenvalue weighted by atomic mass is 32.1. The fourth-order valence-corrected chi connectivity index (χ4v) is 2.53. The quantitative estimate of drug-likeness (QED) is 0.646. The molecule has 0 amide bonds. The smallest absolute Gasteiger partial charge is 0.168 e. The summed E-state index contributed by atoms with van der Waals surface area (Å²) in [6.07, 6.45) is 5.61. The molecule has 0 aromatic carbocycles. The van der Waals surface area contributed by atoms with E-state index >= 15 is 0 Å². The van der Waals surface area contributed by atoms with E-state index in [-0.39, 0.29) is 0 Å². The van der Waals surface area contributed by atoms with Gasteiger partial charge in [-0.25, -0.2) is 0 Å². The van der Waals surface area contributed by atoms with E-state index in [1.165, 1.54) is 32.2 Å². The number of thiocarbonyl (C=S) groups is 1. The molecule has 1 heterocycles. The number of nitrogens with one attached hydrogen (secondary N) is 1. The Morgan fingerprint density at radius 3 is 2.85 bits per heavy atom. The fraction of sp³-hybridized carbons (Fsp3) is 0.900. The zero-order valence-electron chi connectivity index (χ0n) is 8.31. The van der Waals surface area contributed by atoms with Crippen molar-refractivity contribution in [1.29, 1.82) is 0 Å². The SMILES string of the molecule is CCNC(=S)N1CCCC2(CC2)C1. The molecule has 0 aromatic heterocycles. The number of piperidine rings is 1. The van der Waals surface area contributed by atoms with Crippen LogP contribution in [0.2, 0.25) is 0 Å². The molecular formula is C10H18N2S. The van der Waals surface area contributed by atoms with Gasteiger partial charge < -0.3 is 10.2 Å². The molecule has 2 aliphatic rings. The highest BCUT2D eigenvalue weighted by molar-refractivity contribution is 7.80. The summed E-state index contributed by atoms with van der Waals surface area (Å²) in [6, 6.07) is 0. The zero-order chi connectivity index (χ0) is 9.31. The summed E-state index contributed by atoms with van der Waals surface area (Å²) < 4.78 is 0. The Labute approximate surface area is 85.7 Å². The van der Waals surface area contributed by atoms with Crippen LogP contribution < -0.4 is 5.32 Å². The van der Waals surface area contributed by atoms with Crippen LogP contribution in [-0.4, -0.2) is 29.6 Å². The molecule has 1 aliphatic heterocycles. The van der Waals surface area contributed by atoms with Crippen molar-refractivity contribution >= 4 is 17.3 Å². The van der Waals surface area contributed by atoms with E-state index in [0.717, 1.165) is 18.2 Å². The van der Waals surface area contributed by atoms with Gasteiger partial charge in [-0.3, -0.25) is 0 Å². The third kappa shape index (κ3) is 1.96. The first kappa shape index (κ1) is 9.25. The highest BCUT2D eigenvalue weighted by Gasteiger charge is 2.45. The minimum absolute atomic E-state index is 0.678. The molecule has 13 heavy (non-hydrogen) atoms. The van der Waals surface area contributed by atoms with E-state index < -0.39 is 0 Å². The number of rotatable bonds is 1. The van der Waals surface area contributed by atoms with Crippen LogP contribution in [0, 0.1) is 5.41 Å². The molecule has 0 atom stereocenters. The molecule has 2 nitrogen and oxygen atoms in total. The Morgan fingerprint density at radius 2 is 2.23 bits per heavy atom. The first-order chi connectivity index (χ1) is 6.26. The topological polar surface area (TPSA) is 15.3 Å². The predicted octanol–water partition coefficient (Wildman–Crippen LogP) is 1.76. The van der Waals surface area contributed by atoms with Crippen molar-refractivity contribution in [3.8, 4) is 0 Å². The van der Waals surface area contributed by atoms with E-state index in [2.05, 4.69) is 17.1 Å². The van der Waals surface area contributed by atoms with E-state index in [0.29, 0.717) is 5.41 Å². The maximum atomic E-state index is 5.32. The lowest BCUT2D eigenvalue weighted by molar-refractivity contribution is 0.239. The van der Waals surface area contributed by atoms with Crippen LogP contribution in [0.25, 0.3) is 0 Å². The highest BCUT2D eigenvalue weighted by Crippen LogP contribution is 2.51. The maximum absolute atomic E-state index is 5.32. The fourth-order valence-electron chi connectivity index (χ4n) is 2.23. The summed E-state index contributed by atoms with van der Waals surface area (Å²) in [6.45, 7) is 5.41. The van der Waals surface area contributed by atoms with Gasteiger partial charge in [0.1, 0.15) is 0 Å². The third-order valence-electron chi connectivity index (χ3n) is 3.23. The van der Waals surface area contributed by atoms with Gasteiger partial charge in [0.05, 0.1) is 0 Å². The van der Waals surface area contributed by atoms with Crippen LogP contribution in [0.15, 0.2) is 0 Å². The predicted molar refractivity (Wildman–Crippen MR) is 58.7 cm³/mol. The molecule has 0 unspecified atom stereocenters. The summed E-state index contributed by atoms with van der Waals surface area (Å²) in [5.74, 6) is 0. The molecule has 74 valence electrons. The average Bonchev–Trinajstić information content (AvgIpc) is 2.85. The largest absolute Gasteiger partial charge is 0.363 e. The number of hydrogen-bond acceptors (Lipinski definition) is 1. The lowest BCUT2D eigenvalue weighted by Gasteiger charge is -2.34. The van der Waals surface area contributed by atoms with Crippen molar-refractivity contribution in [3.63, 3.8) is 0 Å². The summed E-state index contributed by atoms with van der Waals surface area (Å²) >= 11 is 5.32. The summed E-state index contributed by atoms with van der Waals surface area (Å²) in [5, 5.41) is 4.20. The minimum Gasteiger partial charge on any atom is -0.363 e. The second-order valence-electron chi connectivity index (χ2n) is 4.36. The van der Waals surface area contributed by atoms with Crippen LogP contribution in [0.4, 0.5) is 0 Å². The molecule has 3 heteroatoms. The molecule has 1 N–H and O–H groups in total. The van der Waals surface area contributed by atoms with Gasteiger partial charge in [0.25, 0.3) is 0 Å². The first-order valence-electron chi connectivity index (χ1n) is 5.29. The normalized spacial score (nSPS) is 24.5. The van der Waals surface area contributed by atoms with Gasteiger partial charge in [0.15, 0.2) is 5.11 Å². The van der Waals surface area contributed by atoms with Gasteiger partial charge in [0, 0.05) is 19.6 Å². The molecule has 2 rings (SSSR count).